The van der Waals surface area contributed by atoms with Crippen LogP contribution in [0.3, 0.4) is 0 Å². The number of nitrogens with two attached hydrogens (primary N) is 1. The van der Waals surface area contributed by atoms with Gasteiger partial charge >= 0.3 is 0 Å². The molecule has 0 aromatic carbocycles. The van der Waals surface area contributed by atoms with Crippen LogP contribution in [0.25, 0.3) is 11.3 Å². The highest BCUT2D eigenvalue weighted by Crippen LogP contribution is 2.28. The van der Waals surface area contributed by atoms with E-state index >= 15 is 0 Å². The Morgan fingerprint density at radius 2 is 1.93 bits per heavy atom. The Bertz CT molecular complexity index is 503. The lowest BCUT2D eigenvalue weighted by molar-refractivity contribution is 1.05. The molecule has 0 saturated carbocycles. The van der Waals surface area contributed by atoms with Crippen molar-refractivity contribution in [1.29, 1.82) is 0 Å². The van der Waals surface area contributed by atoms with Crippen LogP contribution in [0.1, 0.15) is 16.3 Å². The van der Waals surface area contributed by atoms with Gasteiger partial charge in [-0.2, -0.15) is 0 Å². The van der Waals surface area contributed by atoms with Crippen molar-refractivity contribution in [3.8, 4) is 11.3 Å². The van der Waals surface area contributed by atoms with Crippen LogP contribution < -0.4 is 5.73 Å². The minimum absolute atomic E-state index is 0.571. The minimum Gasteiger partial charge on any atom is -0.383 e. The van der Waals surface area contributed by atoms with Crippen molar-refractivity contribution in [2.45, 2.75) is 20.8 Å². The Morgan fingerprint density at radius 1 is 1.20 bits per heavy atom. The lowest BCUT2D eigenvalue weighted by Gasteiger charge is -2.06. The number of hydrogen-bond donors (Lipinski definition) is 1. The zero-order valence-corrected chi connectivity index (χ0v) is 9.85. The first-order valence-corrected chi connectivity index (χ1v) is 5.62. The van der Waals surface area contributed by atoms with Gasteiger partial charge in [0.1, 0.15) is 11.6 Å². The van der Waals surface area contributed by atoms with Gasteiger partial charge in [-0.1, -0.05) is 0 Å². The topological polar surface area (TPSA) is 51.8 Å². The number of rotatable bonds is 1. The Balaban J connectivity index is 2.62. The second kappa shape index (κ2) is 3.62. The number of nitrogen functional groups attached to an aromatic ring is 1. The third-order valence-corrected chi connectivity index (χ3v) is 3.16. The smallest absolute Gasteiger partial charge is 0.130 e. The summed E-state index contributed by atoms with van der Waals surface area (Å²) in [6.07, 6.45) is 0. The van der Waals surface area contributed by atoms with E-state index in [1.54, 1.807) is 11.3 Å². The van der Waals surface area contributed by atoms with Crippen LogP contribution in [0.4, 0.5) is 5.82 Å². The predicted molar refractivity (Wildman–Crippen MR) is 64.0 cm³/mol. The molecule has 15 heavy (non-hydrogen) atoms. The number of nitrogens with zero attached hydrogens (tertiary/aromatic N) is 2. The number of anilines is 1. The van der Waals surface area contributed by atoms with Crippen molar-refractivity contribution < 1.29 is 0 Å². The number of aromatic nitrogens is 2. The molecule has 0 spiro atoms. The molecule has 0 saturated heterocycles. The molecule has 2 aromatic heterocycles. The SMILES string of the molecule is Cc1nc(N)c(C)c(-c2csc(C)c2)n1. The lowest BCUT2D eigenvalue weighted by Crippen LogP contribution is -2.01. The van der Waals surface area contributed by atoms with Gasteiger partial charge in [0.15, 0.2) is 0 Å². The highest BCUT2D eigenvalue weighted by molar-refractivity contribution is 7.10. The van der Waals surface area contributed by atoms with Crippen molar-refractivity contribution in [3.63, 3.8) is 0 Å². The van der Waals surface area contributed by atoms with Crippen LogP contribution in [0.5, 0.6) is 0 Å². The fourth-order valence-electron chi connectivity index (χ4n) is 1.50. The molecule has 0 aliphatic carbocycles. The third-order valence-electron chi connectivity index (χ3n) is 2.30. The van der Waals surface area contributed by atoms with E-state index in [-0.39, 0.29) is 0 Å². The fraction of sp³-hybridized carbons (Fsp3) is 0.273. The quantitative estimate of drug-likeness (QED) is 0.802. The second-order valence-electron chi connectivity index (χ2n) is 3.58. The van der Waals surface area contributed by atoms with E-state index in [1.807, 2.05) is 13.8 Å². The van der Waals surface area contributed by atoms with E-state index in [0.717, 1.165) is 22.6 Å². The van der Waals surface area contributed by atoms with Crippen molar-refractivity contribution >= 4 is 17.2 Å². The monoisotopic (exact) mass is 219 g/mol. The summed E-state index contributed by atoms with van der Waals surface area (Å²) in [6, 6.07) is 2.12. The van der Waals surface area contributed by atoms with E-state index < -0.39 is 0 Å². The third kappa shape index (κ3) is 1.85. The van der Waals surface area contributed by atoms with Gasteiger partial charge in [-0.15, -0.1) is 11.3 Å². The first-order chi connectivity index (χ1) is 7.08. The number of hydrogen-bond acceptors (Lipinski definition) is 4. The fourth-order valence-corrected chi connectivity index (χ4v) is 2.19. The van der Waals surface area contributed by atoms with Gasteiger partial charge < -0.3 is 5.73 Å². The molecule has 4 heteroatoms. The molecule has 0 aliphatic rings. The first-order valence-electron chi connectivity index (χ1n) is 4.74. The summed E-state index contributed by atoms with van der Waals surface area (Å²) in [7, 11) is 0. The minimum atomic E-state index is 0.571. The maximum absolute atomic E-state index is 5.82. The summed E-state index contributed by atoms with van der Waals surface area (Å²) in [5.41, 5.74) is 8.85. The van der Waals surface area contributed by atoms with Gasteiger partial charge in [0.2, 0.25) is 0 Å². The van der Waals surface area contributed by atoms with Crippen LogP contribution in [-0.4, -0.2) is 9.97 Å². The van der Waals surface area contributed by atoms with Crippen molar-refractivity contribution in [1.82, 2.24) is 9.97 Å². The largest absolute Gasteiger partial charge is 0.383 e. The highest BCUT2D eigenvalue weighted by atomic mass is 32.1. The Kier molecular flexibility index (Phi) is 2.44. The first kappa shape index (κ1) is 10.1. The summed E-state index contributed by atoms with van der Waals surface area (Å²) in [5.74, 6) is 1.29. The molecule has 0 fully saturated rings. The van der Waals surface area contributed by atoms with Crippen molar-refractivity contribution in [2.75, 3.05) is 5.73 Å². The normalized spacial score (nSPS) is 10.6. The summed E-state index contributed by atoms with van der Waals surface area (Å²) < 4.78 is 0. The molecule has 2 aromatic rings. The number of aryl methyl sites for hydroxylation is 2. The maximum atomic E-state index is 5.82. The molecule has 3 nitrogen and oxygen atoms in total. The number of thiophene rings is 1. The van der Waals surface area contributed by atoms with Crippen LogP contribution in [0.15, 0.2) is 11.4 Å². The Morgan fingerprint density at radius 3 is 2.53 bits per heavy atom. The average Bonchev–Trinajstić information content (AvgIpc) is 2.58. The molecule has 0 aliphatic heterocycles. The van der Waals surface area contributed by atoms with Gasteiger partial charge in [0.05, 0.1) is 5.69 Å². The summed E-state index contributed by atoms with van der Waals surface area (Å²) >= 11 is 1.72. The van der Waals surface area contributed by atoms with Crippen molar-refractivity contribution in [2.24, 2.45) is 0 Å². The summed E-state index contributed by atoms with van der Waals surface area (Å²) in [4.78, 5) is 9.85. The highest BCUT2D eigenvalue weighted by Gasteiger charge is 2.09. The molecule has 2 rings (SSSR count). The van der Waals surface area contributed by atoms with Crippen LogP contribution >= 0.6 is 11.3 Å². The van der Waals surface area contributed by atoms with Gasteiger partial charge in [-0.25, -0.2) is 9.97 Å². The predicted octanol–water partition coefficient (Wildman–Crippen LogP) is 2.71. The van der Waals surface area contributed by atoms with E-state index in [2.05, 4.69) is 28.3 Å². The molecular formula is C11H13N3S. The molecule has 78 valence electrons. The lowest BCUT2D eigenvalue weighted by atomic mass is 10.1. The standard InChI is InChI=1S/C11H13N3S/c1-6-4-9(5-15-6)10-7(2)11(12)14-8(3)13-10/h4-5H,1-3H3,(H2,12,13,14). The Labute approximate surface area is 93.0 Å². The van der Waals surface area contributed by atoms with E-state index in [0.29, 0.717) is 5.82 Å². The molecule has 0 unspecified atom stereocenters. The summed E-state index contributed by atoms with van der Waals surface area (Å²) in [6.45, 7) is 5.90. The summed E-state index contributed by atoms with van der Waals surface area (Å²) in [5, 5.41) is 2.10. The van der Waals surface area contributed by atoms with Gasteiger partial charge in [0.25, 0.3) is 0 Å². The molecular weight excluding hydrogens is 206 g/mol. The molecule has 2 heterocycles. The van der Waals surface area contributed by atoms with Crippen LogP contribution in [0, 0.1) is 20.8 Å². The molecule has 0 amide bonds. The second-order valence-corrected chi connectivity index (χ2v) is 4.69. The van der Waals surface area contributed by atoms with E-state index in [1.165, 1.54) is 4.88 Å². The zero-order valence-electron chi connectivity index (χ0n) is 9.03. The van der Waals surface area contributed by atoms with Crippen LogP contribution in [-0.2, 0) is 0 Å². The van der Waals surface area contributed by atoms with Gasteiger partial charge in [-0.05, 0) is 26.8 Å². The zero-order chi connectivity index (χ0) is 11.0. The van der Waals surface area contributed by atoms with Crippen molar-refractivity contribution in [3.05, 3.63) is 27.7 Å². The van der Waals surface area contributed by atoms with E-state index in [4.69, 9.17) is 5.73 Å². The van der Waals surface area contributed by atoms with Gasteiger partial charge in [-0.3, -0.25) is 0 Å². The van der Waals surface area contributed by atoms with Gasteiger partial charge in [0, 0.05) is 21.4 Å². The maximum Gasteiger partial charge on any atom is 0.130 e. The Hall–Kier alpha value is -1.42. The van der Waals surface area contributed by atoms with E-state index in [9.17, 15) is 0 Å². The molecule has 0 radical (unpaired) electrons. The average molecular weight is 219 g/mol. The van der Waals surface area contributed by atoms with Crippen LogP contribution in [0.2, 0.25) is 0 Å². The molecule has 0 bridgehead atoms. The molecule has 2 N–H and O–H groups in total. The molecule has 0 atom stereocenters.